The van der Waals surface area contributed by atoms with Crippen molar-refractivity contribution in [3.8, 4) is 0 Å². The summed E-state index contributed by atoms with van der Waals surface area (Å²) in [5.41, 5.74) is 1.40. The van der Waals surface area contributed by atoms with Crippen LogP contribution >= 0.6 is 0 Å². The Morgan fingerprint density at radius 3 is 2.40 bits per heavy atom. The zero-order valence-electron chi connectivity index (χ0n) is 29.9. The first kappa shape index (κ1) is 35.5. The number of fused-ring (bicyclic) bond motifs is 5. The summed E-state index contributed by atoms with van der Waals surface area (Å²) in [7, 11) is 0. The molecule has 2 aliphatic heterocycles. The lowest BCUT2D eigenvalue weighted by Gasteiger charge is -2.62. The Kier molecular flexibility index (Phi) is 8.93. The molecule has 0 aromatic heterocycles. The molecule has 5 aliphatic carbocycles. The van der Waals surface area contributed by atoms with Crippen molar-refractivity contribution in [1.82, 2.24) is 5.32 Å². The van der Waals surface area contributed by atoms with Crippen LogP contribution in [-0.4, -0.2) is 85.7 Å². The van der Waals surface area contributed by atoms with Crippen LogP contribution in [0.1, 0.15) is 124 Å². The van der Waals surface area contributed by atoms with E-state index in [0.29, 0.717) is 37.5 Å². The molecular weight excluding hydrogens is 608 g/mol. The minimum absolute atomic E-state index is 0.0231. The van der Waals surface area contributed by atoms with Gasteiger partial charge in [-0.05, 0) is 145 Å². The van der Waals surface area contributed by atoms with E-state index in [0.717, 1.165) is 69.9 Å². The number of epoxide rings is 1. The average molecular weight is 673 g/mol. The third-order valence-corrected chi connectivity index (χ3v) is 16.3. The van der Waals surface area contributed by atoms with Crippen molar-refractivity contribution in [1.29, 1.82) is 0 Å². The van der Waals surface area contributed by atoms with Crippen LogP contribution in [0, 0.1) is 45.8 Å². The van der Waals surface area contributed by atoms with Crippen molar-refractivity contribution in [3.05, 3.63) is 11.6 Å². The Morgan fingerprint density at radius 2 is 1.71 bits per heavy atom. The molecule has 2 heterocycles. The number of allylic oxidation sites excluding steroid dienone is 1. The van der Waals surface area contributed by atoms with Gasteiger partial charge in [0.15, 0.2) is 5.78 Å². The van der Waals surface area contributed by atoms with E-state index in [1.165, 1.54) is 12.8 Å². The van der Waals surface area contributed by atoms with Gasteiger partial charge in [-0.1, -0.05) is 26.7 Å². The molecule has 6 fully saturated rings. The highest BCUT2D eigenvalue weighted by atomic mass is 16.6. The molecule has 7 aliphatic rings. The molecule has 0 radical (unpaired) electrons. The Hall–Kier alpha value is -0.910. The van der Waals surface area contributed by atoms with Crippen molar-refractivity contribution >= 4 is 5.78 Å². The summed E-state index contributed by atoms with van der Waals surface area (Å²) in [5, 5.41) is 62.0. The number of aliphatic hydroxyl groups is 5. The molecule has 48 heavy (non-hydrogen) atoms. The maximum atomic E-state index is 14.0. The Balaban J connectivity index is 1.12. The van der Waals surface area contributed by atoms with Crippen LogP contribution in [0.15, 0.2) is 11.6 Å². The van der Waals surface area contributed by atoms with Gasteiger partial charge in [-0.25, -0.2) is 0 Å². The largest absolute Gasteiger partial charge is 0.396 e. The number of carbonyl (C=O) groups excluding carboxylic acids is 1. The van der Waals surface area contributed by atoms with Gasteiger partial charge in [-0.3, -0.25) is 4.79 Å². The van der Waals surface area contributed by atoms with E-state index >= 15 is 0 Å². The minimum Gasteiger partial charge on any atom is -0.396 e. The van der Waals surface area contributed by atoms with Crippen LogP contribution < -0.4 is 11.1 Å². The number of ether oxygens (including phenoxy) is 1. The maximum absolute atomic E-state index is 14.0. The zero-order valence-corrected chi connectivity index (χ0v) is 29.9. The molecule has 272 valence electrons. The quantitative estimate of drug-likeness (QED) is 0.181. The second-order valence-electron chi connectivity index (χ2n) is 18.6. The number of hydrogen-bond acceptors (Lipinski definition) is 9. The molecule has 14 atom stereocenters. The summed E-state index contributed by atoms with van der Waals surface area (Å²) >= 11 is 0. The fourth-order valence-corrected chi connectivity index (χ4v) is 13.0. The van der Waals surface area contributed by atoms with E-state index in [9.17, 15) is 30.3 Å². The summed E-state index contributed by atoms with van der Waals surface area (Å²) in [6, 6.07) is 0. The topological polar surface area (TPSA) is 169 Å². The molecule has 2 saturated heterocycles. The molecule has 7 rings (SSSR count). The summed E-state index contributed by atoms with van der Waals surface area (Å²) in [4.78, 5) is 14.0. The number of nitrogens with one attached hydrogen (secondary N) is 1. The predicted octanol–water partition coefficient (Wildman–Crippen LogP) is 3.72. The maximum Gasteiger partial charge on any atom is 0.159 e. The van der Waals surface area contributed by atoms with E-state index in [2.05, 4.69) is 12.2 Å². The van der Waals surface area contributed by atoms with Gasteiger partial charge in [0.2, 0.25) is 0 Å². The molecule has 0 amide bonds. The van der Waals surface area contributed by atoms with E-state index in [-0.39, 0.29) is 41.7 Å². The first-order valence-electron chi connectivity index (χ1n) is 19.4. The molecule has 4 saturated carbocycles. The van der Waals surface area contributed by atoms with E-state index in [1.807, 2.05) is 13.8 Å². The van der Waals surface area contributed by atoms with Crippen LogP contribution in [0.4, 0.5) is 0 Å². The number of rotatable bonds is 9. The Bertz CT molecular complexity index is 1280. The second kappa shape index (κ2) is 12.1. The first-order chi connectivity index (χ1) is 22.5. The smallest absolute Gasteiger partial charge is 0.159 e. The van der Waals surface area contributed by atoms with Gasteiger partial charge in [0.05, 0.1) is 35.7 Å². The van der Waals surface area contributed by atoms with Crippen molar-refractivity contribution in [3.63, 3.8) is 0 Å². The van der Waals surface area contributed by atoms with Crippen molar-refractivity contribution in [2.75, 3.05) is 13.2 Å². The lowest BCUT2D eigenvalue weighted by atomic mass is 9.42. The van der Waals surface area contributed by atoms with Gasteiger partial charge in [-0.2, -0.15) is 0 Å². The summed E-state index contributed by atoms with van der Waals surface area (Å²) < 4.78 is 6.25. The molecular formula is C39H64N2O7. The van der Waals surface area contributed by atoms with Gasteiger partial charge in [0.25, 0.3) is 0 Å². The zero-order chi connectivity index (χ0) is 34.5. The number of piperidine rings is 1. The van der Waals surface area contributed by atoms with Crippen LogP contribution in [0.3, 0.4) is 0 Å². The van der Waals surface area contributed by atoms with Gasteiger partial charge < -0.3 is 41.3 Å². The van der Waals surface area contributed by atoms with E-state index < -0.39 is 45.9 Å². The number of carbonyl (C=O) groups is 1. The van der Waals surface area contributed by atoms with E-state index in [1.54, 1.807) is 13.0 Å². The highest BCUT2D eigenvalue weighted by Crippen LogP contribution is 2.71. The normalized spacial score (nSPS) is 48.4. The average Bonchev–Trinajstić information content (AvgIpc) is 3.60. The van der Waals surface area contributed by atoms with Crippen molar-refractivity contribution in [2.24, 2.45) is 51.6 Å². The number of aliphatic hydroxyl groups excluding tert-OH is 2. The molecule has 0 spiro atoms. The standard InChI is InChI=1S/C39H64N2O7/c1-34(22-42,14-9-23-13-18-41-31(40)19-23)37(4,46)33-32(48-33)36(3,45)30-12-17-39(47)27-21-29(44)28-20-25(43)10-16-38(28,24-7-5-6-8-24)26(27)11-15-35(30,39)2/h21,23-26,28,30-33,41-43,45-47H,5-20,22,40H2,1-4H3. The van der Waals surface area contributed by atoms with Crippen molar-refractivity contribution in [2.45, 2.75) is 165 Å². The van der Waals surface area contributed by atoms with Gasteiger partial charge in [-0.15, -0.1) is 0 Å². The number of hydrogen-bond donors (Lipinski definition) is 7. The molecule has 14 unspecified atom stereocenters. The third kappa shape index (κ3) is 5.10. The number of nitrogens with two attached hydrogens (primary N) is 1. The van der Waals surface area contributed by atoms with Gasteiger partial charge in [0.1, 0.15) is 12.2 Å². The fraction of sp³-hybridized carbons (Fsp3) is 0.923. The van der Waals surface area contributed by atoms with Crippen LogP contribution in [0.5, 0.6) is 0 Å². The van der Waals surface area contributed by atoms with Crippen LogP contribution in [-0.2, 0) is 9.53 Å². The summed E-state index contributed by atoms with van der Waals surface area (Å²) in [5.74, 6) is 0.579. The lowest BCUT2D eigenvalue weighted by molar-refractivity contribution is -0.163. The predicted molar refractivity (Wildman–Crippen MR) is 182 cm³/mol. The van der Waals surface area contributed by atoms with Crippen LogP contribution in [0.25, 0.3) is 0 Å². The molecule has 0 aromatic rings. The molecule has 9 nitrogen and oxygen atoms in total. The van der Waals surface area contributed by atoms with Gasteiger partial charge >= 0.3 is 0 Å². The van der Waals surface area contributed by atoms with Crippen LogP contribution in [0.2, 0.25) is 0 Å². The third-order valence-electron chi connectivity index (χ3n) is 16.3. The summed E-state index contributed by atoms with van der Waals surface area (Å²) in [6.07, 6.45) is 12.8. The molecule has 0 aromatic carbocycles. The second-order valence-corrected chi connectivity index (χ2v) is 18.6. The highest BCUT2D eigenvalue weighted by Gasteiger charge is 2.73. The SMILES string of the molecule is CC(O)(C1OC1C(C)(O)C(C)(CO)CCC1CCNC(N)C1)C1CCC2(O)C3=CC(=O)C4CC(O)CCC4(C4CCCC4)C3CCC12C. The monoisotopic (exact) mass is 672 g/mol. The Labute approximate surface area is 287 Å². The first-order valence-corrected chi connectivity index (χ1v) is 19.4. The summed E-state index contributed by atoms with van der Waals surface area (Å²) in [6.45, 7) is 8.26. The fourth-order valence-electron chi connectivity index (χ4n) is 13.0. The van der Waals surface area contributed by atoms with E-state index in [4.69, 9.17) is 10.5 Å². The Morgan fingerprint density at radius 1 is 0.979 bits per heavy atom. The molecule has 9 heteroatoms. The molecule has 8 N–H and O–H groups in total. The van der Waals surface area contributed by atoms with Gasteiger partial charge in [0, 0.05) is 16.7 Å². The van der Waals surface area contributed by atoms with Crippen molar-refractivity contribution < 1.29 is 35.1 Å². The lowest BCUT2D eigenvalue weighted by Crippen LogP contribution is -2.63. The molecule has 0 bridgehead atoms. The number of ketones is 1. The highest BCUT2D eigenvalue weighted by molar-refractivity contribution is 5.95. The minimum atomic E-state index is -1.38.